The second kappa shape index (κ2) is 9.05. The zero-order valence-electron chi connectivity index (χ0n) is 16.4. The van der Waals surface area contributed by atoms with Crippen molar-refractivity contribution in [2.45, 2.75) is 20.3 Å². The zero-order chi connectivity index (χ0) is 19.9. The third-order valence-electron chi connectivity index (χ3n) is 4.60. The molecule has 3 heteroatoms. The third kappa shape index (κ3) is 4.68. The summed E-state index contributed by atoms with van der Waals surface area (Å²) >= 11 is 0. The number of benzene rings is 3. The van der Waals surface area contributed by atoms with Crippen LogP contribution in [0.2, 0.25) is 0 Å². The van der Waals surface area contributed by atoms with Gasteiger partial charge in [-0.2, -0.15) is 0 Å². The Morgan fingerprint density at radius 1 is 0.893 bits per heavy atom. The first kappa shape index (κ1) is 19.4. The molecule has 0 amide bonds. The first-order chi connectivity index (χ1) is 13.6. The predicted molar refractivity (Wildman–Crippen MR) is 115 cm³/mol. The molecule has 0 aromatic heterocycles. The molecule has 0 fully saturated rings. The molecule has 142 valence electrons. The van der Waals surface area contributed by atoms with E-state index in [0.717, 1.165) is 22.6 Å². The molecule has 0 aliphatic rings. The lowest BCUT2D eigenvalue weighted by Crippen LogP contribution is -2.13. The Hall–Kier alpha value is -3.33. The van der Waals surface area contributed by atoms with Gasteiger partial charge in [0.1, 0.15) is 0 Å². The molecule has 3 rings (SSSR count). The number of anilines is 3. The molecule has 28 heavy (non-hydrogen) atoms. The summed E-state index contributed by atoms with van der Waals surface area (Å²) in [6.07, 6.45) is 1.82. The highest BCUT2D eigenvalue weighted by Gasteiger charge is 2.15. The lowest BCUT2D eigenvalue weighted by atomic mass is 10.1. The predicted octanol–water partition coefficient (Wildman–Crippen LogP) is 6.04. The maximum absolute atomic E-state index is 11.4. The fraction of sp³-hybridized carbons (Fsp3) is 0.160. The van der Waals surface area contributed by atoms with Crippen LogP contribution < -0.4 is 4.90 Å². The molecule has 0 N–H and O–H groups in total. The van der Waals surface area contributed by atoms with Crippen LogP contribution in [0.15, 0.2) is 85.5 Å². The fourth-order valence-corrected chi connectivity index (χ4v) is 3.08. The van der Waals surface area contributed by atoms with Gasteiger partial charge in [0.05, 0.1) is 6.61 Å². The first-order valence-electron chi connectivity index (χ1n) is 9.39. The summed E-state index contributed by atoms with van der Waals surface area (Å²) in [4.78, 5) is 13.6. The summed E-state index contributed by atoms with van der Waals surface area (Å²) in [6, 6.07) is 25.2. The van der Waals surface area contributed by atoms with Gasteiger partial charge in [-0.3, -0.25) is 0 Å². The maximum Gasteiger partial charge on any atom is 0.330 e. The number of nitrogens with zero attached hydrogens (tertiary/aromatic N) is 1. The summed E-state index contributed by atoms with van der Waals surface area (Å²) in [5.74, 6) is -0.397. The van der Waals surface area contributed by atoms with Crippen LogP contribution in [0.4, 0.5) is 17.1 Å². The van der Waals surface area contributed by atoms with Crippen LogP contribution in [0.3, 0.4) is 0 Å². The molecule has 0 bridgehead atoms. The summed E-state index contributed by atoms with van der Waals surface area (Å²) in [5, 5.41) is 0. The van der Waals surface area contributed by atoms with E-state index in [-0.39, 0.29) is 0 Å². The molecular weight excluding hydrogens is 346 g/mol. The van der Waals surface area contributed by atoms with E-state index < -0.39 is 5.97 Å². The van der Waals surface area contributed by atoms with E-state index >= 15 is 0 Å². The van der Waals surface area contributed by atoms with Gasteiger partial charge in [-0.1, -0.05) is 60.2 Å². The van der Waals surface area contributed by atoms with E-state index in [0.29, 0.717) is 13.0 Å². The Morgan fingerprint density at radius 3 is 1.96 bits per heavy atom. The van der Waals surface area contributed by atoms with Crippen molar-refractivity contribution in [2.24, 2.45) is 0 Å². The second-order valence-electron chi connectivity index (χ2n) is 6.76. The topological polar surface area (TPSA) is 29.5 Å². The number of ether oxygens (including phenoxy) is 1. The quantitative estimate of drug-likeness (QED) is 0.374. The molecule has 0 saturated carbocycles. The number of carbonyl (C=O) groups excluding carboxylic acids is 1. The third-order valence-corrected chi connectivity index (χ3v) is 4.60. The van der Waals surface area contributed by atoms with Gasteiger partial charge in [-0.15, -0.1) is 0 Å². The SMILES string of the molecule is C=CC(=O)OCCc1ccccc1N(c1ccc(C)cc1)c1ccc(C)cc1. The maximum atomic E-state index is 11.4. The van der Waals surface area contributed by atoms with Crippen molar-refractivity contribution in [3.63, 3.8) is 0 Å². The van der Waals surface area contributed by atoms with E-state index in [4.69, 9.17) is 4.74 Å². The van der Waals surface area contributed by atoms with E-state index in [1.807, 2.05) is 12.1 Å². The van der Waals surface area contributed by atoms with Gasteiger partial charge in [0.2, 0.25) is 0 Å². The van der Waals surface area contributed by atoms with Crippen LogP contribution in [-0.4, -0.2) is 12.6 Å². The number of esters is 1. The molecule has 0 aliphatic carbocycles. The van der Waals surface area contributed by atoms with Crippen molar-refractivity contribution in [3.8, 4) is 0 Å². The summed E-state index contributed by atoms with van der Waals surface area (Å²) < 4.78 is 5.20. The van der Waals surface area contributed by atoms with Gasteiger partial charge in [0.25, 0.3) is 0 Å². The summed E-state index contributed by atoms with van der Waals surface area (Å²) in [6.45, 7) is 7.93. The Kier molecular flexibility index (Phi) is 6.28. The Bertz CT molecular complexity index is 898. The fourth-order valence-electron chi connectivity index (χ4n) is 3.08. The van der Waals surface area contributed by atoms with Crippen LogP contribution in [0.5, 0.6) is 0 Å². The number of aryl methyl sites for hydroxylation is 2. The van der Waals surface area contributed by atoms with Crippen LogP contribution in [0.1, 0.15) is 16.7 Å². The molecular formula is C25H25NO2. The Balaban J connectivity index is 2.00. The Morgan fingerprint density at radius 2 is 1.43 bits per heavy atom. The standard InChI is InChI=1S/C25H25NO2/c1-4-25(27)28-18-17-21-7-5-6-8-24(21)26(22-13-9-19(2)10-14-22)23-15-11-20(3)12-16-23/h4-16H,1,17-18H2,2-3H3. The number of rotatable bonds is 7. The van der Waals surface area contributed by atoms with E-state index in [1.54, 1.807) is 0 Å². The minimum absolute atomic E-state index is 0.317. The normalized spacial score (nSPS) is 10.4. The number of para-hydroxylation sites is 1. The highest BCUT2D eigenvalue weighted by molar-refractivity contribution is 5.81. The van der Waals surface area contributed by atoms with Crippen molar-refractivity contribution in [1.82, 2.24) is 0 Å². The van der Waals surface area contributed by atoms with Gasteiger partial charge in [-0.25, -0.2) is 4.79 Å². The molecule has 0 aliphatic heterocycles. The molecule has 0 unspecified atom stereocenters. The van der Waals surface area contributed by atoms with Crippen LogP contribution in [-0.2, 0) is 16.0 Å². The summed E-state index contributed by atoms with van der Waals surface area (Å²) in [7, 11) is 0. The van der Waals surface area contributed by atoms with Crippen molar-refractivity contribution in [3.05, 3.63) is 102 Å². The van der Waals surface area contributed by atoms with Crippen LogP contribution in [0, 0.1) is 13.8 Å². The lowest BCUT2D eigenvalue weighted by molar-refractivity contribution is -0.137. The minimum atomic E-state index is -0.397. The first-order valence-corrected chi connectivity index (χ1v) is 9.39. The Labute approximate surface area is 166 Å². The molecule has 0 heterocycles. The molecule has 0 spiro atoms. The lowest BCUT2D eigenvalue weighted by Gasteiger charge is -2.28. The van der Waals surface area contributed by atoms with Gasteiger partial charge in [0, 0.05) is 29.6 Å². The van der Waals surface area contributed by atoms with Gasteiger partial charge < -0.3 is 9.64 Å². The van der Waals surface area contributed by atoms with Crippen molar-refractivity contribution in [1.29, 1.82) is 0 Å². The van der Waals surface area contributed by atoms with Crippen molar-refractivity contribution < 1.29 is 9.53 Å². The molecule has 3 aromatic carbocycles. The smallest absolute Gasteiger partial charge is 0.330 e. The van der Waals surface area contributed by atoms with E-state index in [9.17, 15) is 4.79 Å². The minimum Gasteiger partial charge on any atom is -0.462 e. The van der Waals surface area contributed by atoms with Crippen molar-refractivity contribution >= 4 is 23.0 Å². The van der Waals surface area contributed by atoms with Crippen LogP contribution >= 0.6 is 0 Å². The van der Waals surface area contributed by atoms with Crippen LogP contribution in [0.25, 0.3) is 0 Å². The number of hydrogen-bond donors (Lipinski definition) is 0. The molecule has 0 radical (unpaired) electrons. The van der Waals surface area contributed by atoms with Crippen molar-refractivity contribution in [2.75, 3.05) is 11.5 Å². The highest BCUT2D eigenvalue weighted by Crippen LogP contribution is 2.36. The van der Waals surface area contributed by atoms with E-state index in [2.05, 4.69) is 86.0 Å². The average Bonchev–Trinajstić information content (AvgIpc) is 2.72. The monoisotopic (exact) mass is 371 g/mol. The second-order valence-corrected chi connectivity index (χ2v) is 6.76. The zero-order valence-corrected chi connectivity index (χ0v) is 16.4. The highest BCUT2D eigenvalue weighted by atomic mass is 16.5. The average molecular weight is 371 g/mol. The largest absolute Gasteiger partial charge is 0.462 e. The molecule has 3 aromatic rings. The molecule has 3 nitrogen and oxygen atoms in total. The summed E-state index contributed by atoms with van der Waals surface area (Å²) in [5.41, 5.74) is 6.80. The number of hydrogen-bond acceptors (Lipinski definition) is 3. The number of carbonyl (C=O) groups is 1. The van der Waals surface area contributed by atoms with Gasteiger partial charge in [-0.05, 0) is 49.7 Å². The van der Waals surface area contributed by atoms with Gasteiger partial charge >= 0.3 is 5.97 Å². The van der Waals surface area contributed by atoms with E-state index in [1.165, 1.54) is 17.2 Å². The van der Waals surface area contributed by atoms with Gasteiger partial charge in [0.15, 0.2) is 0 Å². The molecule has 0 saturated heterocycles. The molecule has 0 atom stereocenters.